The Morgan fingerprint density at radius 2 is 2.14 bits per heavy atom. The fourth-order valence-electron chi connectivity index (χ4n) is 4.57. The van der Waals surface area contributed by atoms with Gasteiger partial charge in [-0.15, -0.1) is 0 Å². The molecule has 2 N–H and O–H groups in total. The topological polar surface area (TPSA) is 92.3 Å². The van der Waals surface area contributed by atoms with Gasteiger partial charge in [0.05, 0.1) is 12.7 Å². The largest absolute Gasteiger partial charge is 0.482 e. The van der Waals surface area contributed by atoms with Gasteiger partial charge in [0.1, 0.15) is 29.0 Å². The van der Waals surface area contributed by atoms with Gasteiger partial charge >= 0.3 is 5.97 Å². The van der Waals surface area contributed by atoms with Crippen LogP contribution in [-0.2, 0) is 19.1 Å². The third-order valence-corrected chi connectivity index (χ3v) is 6.32. The van der Waals surface area contributed by atoms with Crippen molar-refractivity contribution in [2.45, 2.75) is 32.4 Å². The number of hydrogen-bond donors (Lipinski definition) is 2. The molecule has 1 saturated heterocycles. The molecule has 4 rings (SSSR count). The summed E-state index contributed by atoms with van der Waals surface area (Å²) < 4.78 is 24.9. The first-order valence-corrected chi connectivity index (χ1v) is 11.3. The molecule has 0 aliphatic carbocycles. The van der Waals surface area contributed by atoms with Gasteiger partial charge in [-0.3, -0.25) is 9.59 Å². The number of methoxy groups -OCH3 is 1. The number of piperazine rings is 1. The second-order valence-corrected chi connectivity index (χ2v) is 9.06. The number of rotatable bonds is 5. The van der Waals surface area contributed by atoms with Crippen molar-refractivity contribution in [2.75, 3.05) is 32.1 Å². The van der Waals surface area contributed by atoms with E-state index >= 15 is 0 Å². The lowest BCUT2D eigenvalue weighted by Crippen LogP contribution is -2.53. The zero-order valence-corrected chi connectivity index (χ0v) is 20.3. The van der Waals surface area contributed by atoms with E-state index in [0.717, 1.165) is 11.1 Å². The number of nitrogens with one attached hydrogen (secondary N) is 2. The molecule has 0 saturated carbocycles. The molecule has 3 aliphatic heterocycles. The van der Waals surface area contributed by atoms with Crippen LogP contribution in [0.25, 0.3) is 5.57 Å². The van der Waals surface area contributed by atoms with Gasteiger partial charge in [0.15, 0.2) is 0 Å². The van der Waals surface area contributed by atoms with E-state index in [1.807, 2.05) is 43.9 Å². The first kappa shape index (κ1) is 24.4. The van der Waals surface area contributed by atoms with Gasteiger partial charge in [-0.25, -0.2) is 9.38 Å². The second-order valence-electron chi connectivity index (χ2n) is 9.06. The van der Waals surface area contributed by atoms with Gasteiger partial charge in [0, 0.05) is 36.5 Å². The van der Waals surface area contributed by atoms with Crippen LogP contribution < -0.4 is 10.6 Å². The van der Waals surface area contributed by atoms with E-state index in [-0.39, 0.29) is 11.9 Å². The summed E-state index contributed by atoms with van der Waals surface area (Å²) in [6.45, 7) is 11.2. The van der Waals surface area contributed by atoms with Crippen molar-refractivity contribution in [1.29, 1.82) is 0 Å². The number of anilines is 1. The monoisotopic (exact) mass is 480 g/mol. The summed E-state index contributed by atoms with van der Waals surface area (Å²) in [4.78, 5) is 30.7. The minimum absolute atomic E-state index is 0.314. The molecular weight excluding hydrogens is 451 g/mol. The van der Waals surface area contributed by atoms with Crippen LogP contribution in [0.5, 0.6) is 0 Å². The van der Waals surface area contributed by atoms with Crippen molar-refractivity contribution in [3.05, 3.63) is 70.5 Å². The molecule has 0 radical (unpaired) electrons. The second kappa shape index (κ2) is 9.50. The standard InChI is InChI=1S/C26H29FN4O4/c1-15(6-9-22(28-4)31-11-10-29-20(14-31)25(33)34-5)18-13-21(35-26(18,2)3)23-17-12-16(27)7-8-19(17)30-24(23)32/h6-9,12-13,20,29H,4,10-11,14H2,1-3,5H3,(H,30,32)/b15-6+,22-9+,23-21+. The first-order chi connectivity index (χ1) is 16.6. The molecule has 9 heteroatoms. The van der Waals surface area contributed by atoms with Crippen LogP contribution >= 0.6 is 0 Å². The zero-order chi connectivity index (χ0) is 25.3. The van der Waals surface area contributed by atoms with Crippen LogP contribution in [0.2, 0.25) is 0 Å². The van der Waals surface area contributed by atoms with Gasteiger partial charge in [0.25, 0.3) is 5.91 Å². The molecule has 0 spiro atoms. The Balaban J connectivity index is 1.64. The van der Waals surface area contributed by atoms with Crippen molar-refractivity contribution in [3.63, 3.8) is 0 Å². The van der Waals surface area contributed by atoms with E-state index in [2.05, 4.69) is 22.3 Å². The van der Waals surface area contributed by atoms with E-state index < -0.39 is 17.5 Å². The fraction of sp³-hybridized carbons (Fsp3) is 0.346. The Bertz CT molecular complexity index is 1210. The molecule has 1 aromatic rings. The summed E-state index contributed by atoms with van der Waals surface area (Å²) in [6, 6.07) is 3.75. The maximum Gasteiger partial charge on any atom is 0.324 e. The number of halogens is 1. The van der Waals surface area contributed by atoms with E-state index in [0.29, 0.717) is 48.0 Å². The zero-order valence-electron chi connectivity index (χ0n) is 20.3. The molecule has 1 amide bonds. The Hall–Kier alpha value is -3.72. The van der Waals surface area contributed by atoms with Crippen molar-refractivity contribution in [3.8, 4) is 0 Å². The van der Waals surface area contributed by atoms with Crippen LogP contribution in [0.1, 0.15) is 26.3 Å². The summed E-state index contributed by atoms with van der Waals surface area (Å²) >= 11 is 0. The normalized spacial score (nSPS) is 23.9. The first-order valence-electron chi connectivity index (χ1n) is 11.3. The van der Waals surface area contributed by atoms with Crippen molar-refractivity contribution < 1.29 is 23.5 Å². The molecule has 3 aliphatic rings. The molecule has 184 valence electrons. The Morgan fingerprint density at radius 3 is 2.86 bits per heavy atom. The van der Waals surface area contributed by atoms with Gasteiger partial charge in [-0.2, -0.15) is 0 Å². The quantitative estimate of drug-likeness (QED) is 0.291. The lowest BCUT2D eigenvalue weighted by atomic mass is 9.92. The number of hydrogen-bond acceptors (Lipinski definition) is 7. The predicted molar refractivity (Wildman–Crippen MR) is 132 cm³/mol. The van der Waals surface area contributed by atoms with Gasteiger partial charge in [0.2, 0.25) is 0 Å². The predicted octanol–water partition coefficient (Wildman–Crippen LogP) is 3.16. The maximum absolute atomic E-state index is 13.9. The minimum Gasteiger partial charge on any atom is -0.482 e. The SMILES string of the molecule is C=N/C(=C\C=C(/C)C1=C/C(=C2\C(=O)Nc3ccc(F)cc32)OC1(C)C)N1CCNC(C(=O)OC)C1. The number of benzene rings is 1. The molecule has 1 fully saturated rings. The molecule has 1 atom stereocenters. The van der Waals surface area contributed by atoms with Crippen LogP contribution in [-0.4, -0.2) is 61.9 Å². The van der Waals surface area contributed by atoms with Crippen molar-refractivity contribution >= 4 is 29.9 Å². The lowest BCUT2D eigenvalue weighted by molar-refractivity contribution is -0.144. The number of nitrogens with zero attached hydrogens (tertiary/aromatic N) is 2. The smallest absolute Gasteiger partial charge is 0.324 e. The number of amides is 1. The Labute approximate surface area is 203 Å². The highest BCUT2D eigenvalue weighted by molar-refractivity contribution is 6.32. The molecule has 1 aromatic carbocycles. The number of ether oxygens (including phenoxy) is 2. The molecule has 8 nitrogen and oxygen atoms in total. The van der Waals surface area contributed by atoms with Gasteiger partial charge in [-0.1, -0.05) is 6.08 Å². The van der Waals surface area contributed by atoms with Crippen molar-refractivity contribution in [1.82, 2.24) is 10.2 Å². The number of fused-ring (bicyclic) bond motifs is 1. The van der Waals surface area contributed by atoms with E-state index in [1.54, 1.807) is 6.07 Å². The van der Waals surface area contributed by atoms with E-state index in [9.17, 15) is 14.0 Å². The number of aliphatic imine (C=N–C) groups is 1. The molecule has 0 bridgehead atoms. The summed E-state index contributed by atoms with van der Waals surface area (Å²) in [5.74, 6) is -0.0398. The van der Waals surface area contributed by atoms with Crippen molar-refractivity contribution in [2.24, 2.45) is 4.99 Å². The molecule has 35 heavy (non-hydrogen) atoms. The van der Waals surface area contributed by atoms with Crippen LogP contribution in [0.3, 0.4) is 0 Å². The Morgan fingerprint density at radius 1 is 1.37 bits per heavy atom. The summed E-state index contributed by atoms with van der Waals surface area (Å²) in [7, 11) is 1.37. The lowest BCUT2D eigenvalue weighted by Gasteiger charge is -2.33. The van der Waals surface area contributed by atoms with Crippen LogP contribution in [0.4, 0.5) is 10.1 Å². The molecule has 1 unspecified atom stereocenters. The number of esters is 1. The fourth-order valence-corrected chi connectivity index (χ4v) is 4.57. The molecular formula is C26H29FN4O4. The van der Waals surface area contributed by atoms with Gasteiger partial charge < -0.3 is 25.0 Å². The van der Waals surface area contributed by atoms with E-state index in [1.165, 1.54) is 19.2 Å². The third kappa shape index (κ3) is 4.77. The summed E-state index contributed by atoms with van der Waals surface area (Å²) in [5, 5.41) is 5.90. The molecule has 0 aromatic heterocycles. The number of carbonyl (C=O) groups excluding carboxylic acids is 2. The number of allylic oxidation sites excluding steroid dienone is 3. The van der Waals surface area contributed by atoms with Crippen LogP contribution in [0, 0.1) is 5.82 Å². The van der Waals surface area contributed by atoms with E-state index in [4.69, 9.17) is 9.47 Å². The highest BCUT2D eigenvalue weighted by Gasteiger charge is 2.38. The number of carbonyl (C=O) groups is 2. The summed E-state index contributed by atoms with van der Waals surface area (Å²) in [6.07, 6.45) is 5.58. The Kier molecular flexibility index (Phi) is 6.62. The van der Waals surface area contributed by atoms with Gasteiger partial charge in [-0.05, 0) is 63.4 Å². The summed E-state index contributed by atoms with van der Waals surface area (Å²) in [5.41, 5.74) is 2.43. The third-order valence-electron chi connectivity index (χ3n) is 6.32. The minimum atomic E-state index is -0.708. The maximum atomic E-state index is 13.9. The van der Waals surface area contributed by atoms with Crippen LogP contribution in [0.15, 0.2) is 64.1 Å². The highest BCUT2D eigenvalue weighted by Crippen LogP contribution is 2.43. The average molecular weight is 481 g/mol. The molecule has 3 heterocycles. The highest BCUT2D eigenvalue weighted by atomic mass is 19.1. The average Bonchev–Trinajstić information content (AvgIpc) is 3.32.